The number of hydrogen-bond acceptors (Lipinski definition) is 0. The van der Waals surface area contributed by atoms with Crippen molar-refractivity contribution in [2.45, 2.75) is 113 Å². The van der Waals surface area contributed by atoms with Crippen molar-refractivity contribution >= 4 is 10.9 Å². The zero-order valence-electron chi connectivity index (χ0n) is 13.6. The summed E-state index contributed by atoms with van der Waals surface area (Å²) < 4.78 is 0. The Morgan fingerprint density at radius 2 is 1.00 bits per heavy atom. The van der Waals surface area contributed by atoms with E-state index in [1.54, 1.807) is 57.8 Å². The Morgan fingerprint density at radius 1 is 0.550 bits per heavy atom. The molecule has 0 radical (unpaired) electrons. The molecule has 0 amide bonds. The van der Waals surface area contributed by atoms with Gasteiger partial charge in [-0.25, -0.2) is 0 Å². The third kappa shape index (κ3) is 3.57. The van der Waals surface area contributed by atoms with Gasteiger partial charge in [0.25, 0.3) is 0 Å². The van der Waals surface area contributed by atoms with Gasteiger partial charge in [0.05, 0.1) is 0 Å². The summed E-state index contributed by atoms with van der Waals surface area (Å²) in [5.41, 5.74) is 0. The van der Waals surface area contributed by atoms with E-state index < -0.39 is 0 Å². The first-order valence-electron chi connectivity index (χ1n) is 9.57. The van der Waals surface area contributed by atoms with E-state index in [0.717, 1.165) is 32.6 Å². The summed E-state index contributed by atoms with van der Waals surface area (Å²) in [5.74, 6) is 1.04. The highest BCUT2D eigenvalue weighted by atomic mass is 32.2. The van der Waals surface area contributed by atoms with Gasteiger partial charge < -0.3 is 0 Å². The summed E-state index contributed by atoms with van der Waals surface area (Å²) in [6.45, 7) is 2.59. The molecule has 3 saturated carbocycles. The second-order valence-corrected chi connectivity index (χ2v) is 10.5. The SMILES string of the molecule is CC1CCCCC1[S+](C1CCCCC1)C1CCCCC1. The van der Waals surface area contributed by atoms with Gasteiger partial charge in [-0.3, -0.25) is 0 Å². The predicted octanol–water partition coefficient (Wildman–Crippen LogP) is 5.85. The Labute approximate surface area is 129 Å². The highest BCUT2D eigenvalue weighted by Gasteiger charge is 2.47. The maximum Gasteiger partial charge on any atom is 0.121 e. The van der Waals surface area contributed by atoms with Crippen LogP contribution in [0.25, 0.3) is 0 Å². The topological polar surface area (TPSA) is 0 Å². The van der Waals surface area contributed by atoms with Crippen molar-refractivity contribution in [2.75, 3.05) is 0 Å². The van der Waals surface area contributed by atoms with E-state index in [2.05, 4.69) is 6.92 Å². The van der Waals surface area contributed by atoms with Crippen molar-refractivity contribution in [3.05, 3.63) is 0 Å². The normalized spacial score (nSPS) is 34.5. The fraction of sp³-hybridized carbons (Fsp3) is 1.00. The van der Waals surface area contributed by atoms with Crippen molar-refractivity contribution in [3.63, 3.8) is 0 Å². The summed E-state index contributed by atoms with van der Waals surface area (Å²) in [4.78, 5) is 0. The van der Waals surface area contributed by atoms with E-state index in [4.69, 9.17) is 0 Å². The Balaban J connectivity index is 1.73. The molecule has 0 bridgehead atoms. The van der Waals surface area contributed by atoms with E-state index in [1.807, 2.05) is 0 Å². The summed E-state index contributed by atoms with van der Waals surface area (Å²) >= 11 is 0. The van der Waals surface area contributed by atoms with Crippen LogP contribution in [0.3, 0.4) is 0 Å². The lowest BCUT2D eigenvalue weighted by Gasteiger charge is -2.38. The molecule has 3 aliphatic rings. The largest absolute Gasteiger partial charge is 0.121 e. The lowest BCUT2D eigenvalue weighted by atomic mass is 9.90. The maximum atomic E-state index is 2.59. The standard InChI is InChI=1S/C19H35S/c1-16-10-8-9-15-19(16)20(17-11-4-2-5-12-17)18-13-6-3-7-14-18/h16-19H,2-15H2,1H3/q+1. The number of rotatable bonds is 3. The van der Waals surface area contributed by atoms with Crippen LogP contribution >= 0.6 is 0 Å². The summed E-state index contributed by atoms with van der Waals surface area (Å²) in [6.07, 6.45) is 21.7. The molecule has 0 aromatic carbocycles. The van der Waals surface area contributed by atoms with Crippen molar-refractivity contribution in [1.29, 1.82) is 0 Å². The molecule has 0 nitrogen and oxygen atoms in total. The third-order valence-corrected chi connectivity index (χ3v) is 10.1. The van der Waals surface area contributed by atoms with E-state index in [9.17, 15) is 0 Å². The van der Waals surface area contributed by atoms with Gasteiger partial charge in [-0.2, -0.15) is 0 Å². The molecule has 0 heterocycles. The van der Waals surface area contributed by atoms with Crippen LogP contribution in [-0.4, -0.2) is 15.7 Å². The molecule has 0 aliphatic heterocycles. The van der Waals surface area contributed by atoms with E-state index in [1.165, 1.54) is 32.1 Å². The van der Waals surface area contributed by atoms with E-state index >= 15 is 0 Å². The molecule has 2 unspecified atom stereocenters. The molecule has 20 heavy (non-hydrogen) atoms. The van der Waals surface area contributed by atoms with Crippen LogP contribution in [0.5, 0.6) is 0 Å². The second-order valence-electron chi connectivity index (χ2n) is 7.73. The minimum Gasteiger partial charge on any atom is -0.0577 e. The highest BCUT2D eigenvalue weighted by Crippen LogP contribution is 2.42. The minimum atomic E-state index is 0.786. The van der Waals surface area contributed by atoms with Crippen LogP contribution in [0.2, 0.25) is 0 Å². The monoisotopic (exact) mass is 295 g/mol. The summed E-state index contributed by atoms with van der Waals surface area (Å²) in [5, 5.41) is 3.39. The third-order valence-electron chi connectivity index (χ3n) is 6.26. The Hall–Kier alpha value is 0.350. The molecular weight excluding hydrogens is 260 g/mol. The fourth-order valence-electron chi connectivity index (χ4n) is 5.13. The molecule has 3 rings (SSSR count). The first-order valence-corrected chi connectivity index (χ1v) is 11.0. The number of hydrogen-bond donors (Lipinski definition) is 0. The first kappa shape index (κ1) is 15.3. The Kier molecular flexibility index (Phi) is 5.77. The smallest absolute Gasteiger partial charge is 0.0577 e. The van der Waals surface area contributed by atoms with Gasteiger partial charge in [-0.15, -0.1) is 0 Å². The van der Waals surface area contributed by atoms with Crippen LogP contribution in [0.1, 0.15) is 96.8 Å². The van der Waals surface area contributed by atoms with Gasteiger partial charge >= 0.3 is 0 Å². The molecule has 1 heteroatoms. The van der Waals surface area contributed by atoms with Crippen LogP contribution < -0.4 is 0 Å². The van der Waals surface area contributed by atoms with Crippen LogP contribution in [-0.2, 0) is 10.9 Å². The lowest BCUT2D eigenvalue weighted by Crippen LogP contribution is -2.46. The molecule has 0 N–H and O–H groups in total. The van der Waals surface area contributed by atoms with Gasteiger partial charge in [0.1, 0.15) is 15.7 Å². The van der Waals surface area contributed by atoms with Gasteiger partial charge in [0.2, 0.25) is 0 Å². The quantitative estimate of drug-likeness (QED) is 0.573. The van der Waals surface area contributed by atoms with Gasteiger partial charge in [-0.1, -0.05) is 26.2 Å². The van der Waals surface area contributed by atoms with Crippen LogP contribution in [0.15, 0.2) is 0 Å². The average Bonchev–Trinajstić information content (AvgIpc) is 2.52. The zero-order valence-corrected chi connectivity index (χ0v) is 14.4. The summed E-state index contributed by atoms with van der Waals surface area (Å²) in [6, 6.07) is 0. The second kappa shape index (κ2) is 7.56. The van der Waals surface area contributed by atoms with Gasteiger partial charge in [0.15, 0.2) is 0 Å². The zero-order chi connectivity index (χ0) is 13.8. The molecule has 0 spiro atoms. The lowest BCUT2D eigenvalue weighted by molar-refractivity contribution is 0.385. The minimum absolute atomic E-state index is 0.786. The summed E-state index contributed by atoms with van der Waals surface area (Å²) in [7, 11) is 0.786. The molecule has 0 aromatic rings. The molecule has 3 fully saturated rings. The molecular formula is C19H35S+. The molecule has 116 valence electrons. The molecule has 0 aromatic heterocycles. The van der Waals surface area contributed by atoms with Crippen molar-refractivity contribution < 1.29 is 0 Å². The van der Waals surface area contributed by atoms with E-state index in [-0.39, 0.29) is 0 Å². The maximum absolute atomic E-state index is 2.59. The highest BCUT2D eigenvalue weighted by molar-refractivity contribution is 7.98. The molecule has 0 saturated heterocycles. The van der Waals surface area contributed by atoms with Crippen molar-refractivity contribution in [1.82, 2.24) is 0 Å². The molecule has 2 atom stereocenters. The van der Waals surface area contributed by atoms with Crippen molar-refractivity contribution in [2.24, 2.45) is 5.92 Å². The van der Waals surface area contributed by atoms with Gasteiger partial charge in [-0.05, 0) is 81.5 Å². The Morgan fingerprint density at radius 3 is 1.50 bits per heavy atom. The van der Waals surface area contributed by atoms with Crippen molar-refractivity contribution in [3.8, 4) is 0 Å². The first-order chi connectivity index (χ1) is 9.86. The average molecular weight is 296 g/mol. The van der Waals surface area contributed by atoms with Crippen LogP contribution in [0, 0.1) is 5.92 Å². The van der Waals surface area contributed by atoms with Crippen LogP contribution in [0.4, 0.5) is 0 Å². The van der Waals surface area contributed by atoms with Gasteiger partial charge in [0, 0.05) is 5.92 Å². The Bertz CT molecular complexity index is 257. The predicted molar refractivity (Wildman–Crippen MR) is 92.5 cm³/mol. The molecule has 3 aliphatic carbocycles. The fourth-order valence-corrected chi connectivity index (χ4v) is 9.53. The van der Waals surface area contributed by atoms with E-state index in [0.29, 0.717) is 0 Å².